The van der Waals surface area contributed by atoms with Crippen LogP contribution in [0.3, 0.4) is 0 Å². The van der Waals surface area contributed by atoms with Crippen LogP contribution in [0.25, 0.3) is 6.08 Å². The number of amides is 2. The maximum Gasteiger partial charge on any atom is 0.290 e. The van der Waals surface area contributed by atoms with Gasteiger partial charge < -0.3 is 9.80 Å². The Morgan fingerprint density at radius 3 is 2.57 bits per heavy atom. The minimum absolute atomic E-state index is 0.338. The Labute approximate surface area is 169 Å². The quantitative estimate of drug-likeness (QED) is 0.757. The third kappa shape index (κ3) is 4.37. The third-order valence-electron chi connectivity index (χ3n) is 5.72. The number of likely N-dealkylation sites (tertiary alicyclic amines) is 1. The molecule has 28 heavy (non-hydrogen) atoms. The van der Waals surface area contributed by atoms with Crippen molar-refractivity contribution in [1.82, 2.24) is 25.1 Å². The lowest BCUT2D eigenvalue weighted by Crippen LogP contribution is -2.53. The van der Waals surface area contributed by atoms with Gasteiger partial charge in [-0.05, 0) is 50.3 Å². The largest absolute Gasteiger partial charge is 0.354 e. The highest BCUT2D eigenvalue weighted by molar-refractivity contribution is 8.18. The highest BCUT2D eigenvalue weighted by Crippen LogP contribution is 2.25. The number of piperazine rings is 1. The van der Waals surface area contributed by atoms with Crippen LogP contribution in [0.4, 0.5) is 10.6 Å². The van der Waals surface area contributed by atoms with E-state index in [4.69, 9.17) is 0 Å². The van der Waals surface area contributed by atoms with Crippen molar-refractivity contribution in [2.75, 3.05) is 50.7 Å². The van der Waals surface area contributed by atoms with Gasteiger partial charge in [0.2, 0.25) is 0 Å². The van der Waals surface area contributed by atoms with Crippen LogP contribution in [0.5, 0.6) is 0 Å². The molecule has 0 spiro atoms. The lowest BCUT2D eigenvalue weighted by atomic mass is 10.0. The monoisotopic (exact) mass is 402 g/mol. The number of carbonyl (C=O) groups excluding carboxylic acids is 2. The maximum atomic E-state index is 11.7. The first kappa shape index (κ1) is 19.4. The number of imide groups is 1. The molecule has 0 saturated carbocycles. The summed E-state index contributed by atoms with van der Waals surface area (Å²) in [5, 5.41) is 1.90. The minimum atomic E-state index is -0.383. The van der Waals surface area contributed by atoms with Gasteiger partial charge in [-0.2, -0.15) is 0 Å². The highest BCUT2D eigenvalue weighted by atomic mass is 32.2. The van der Waals surface area contributed by atoms with E-state index in [-0.39, 0.29) is 11.1 Å². The van der Waals surface area contributed by atoms with E-state index < -0.39 is 0 Å². The Kier molecular flexibility index (Phi) is 5.93. The summed E-state index contributed by atoms with van der Waals surface area (Å²) in [5.74, 6) is 0.947. The van der Waals surface area contributed by atoms with Gasteiger partial charge in [-0.1, -0.05) is 6.92 Å². The van der Waals surface area contributed by atoms with Crippen LogP contribution < -0.4 is 10.2 Å². The van der Waals surface area contributed by atoms with Gasteiger partial charge in [0, 0.05) is 44.5 Å². The van der Waals surface area contributed by atoms with E-state index in [9.17, 15) is 9.59 Å². The fraction of sp³-hybridized carbons (Fsp3) is 0.579. The van der Waals surface area contributed by atoms with Gasteiger partial charge in [-0.25, -0.2) is 9.97 Å². The summed E-state index contributed by atoms with van der Waals surface area (Å²) in [6.45, 7) is 9.78. The maximum absolute atomic E-state index is 11.7. The molecule has 3 aliphatic heterocycles. The predicted molar refractivity (Wildman–Crippen MR) is 110 cm³/mol. The standard InChI is InChI=1S/C19H26N6O2S/c1-2-23-7-4-14(5-8-23)24-9-11-25(12-10-24)17-3-6-20-16(21-17)13-15-18(26)22-19(27)28-15/h3,6,13-14H,2,4-5,7-12H2,1H3,(H,22,26,27)/b15-13-. The molecule has 1 N–H and O–H groups in total. The molecule has 3 saturated heterocycles. The minimum Gasteiger partial charge on any atom is -0.354 e. The van der Waals surface area contributed by atoms with E-state index >= 15 is 0 Å². The number of hydrogen-bond acceptors (Lipinski definition) is 8. The van der Waals surface area contributed by atoms with Gasteiger partial charge in [-0.15, -0.1) is 0 Å². The van der Waals surface area contributed by atoms with E-state index in [2.05, 4.69) is 36.9 Å². The van der Waals surface area contributed by atoms with Crippen molar-refractivity contribution in [3.05, 3.63) is 23.0 Å². The fourth-order valence-electron chi connectivity index (χ4n) is 4.06. The normalized spacial score (nSPS) is 24.2. The Morgan fingerprint density at radius 2 is 1.93 bits per heavy atom. The Bertz CT molecular complexity index is 769. The first-order chi connectivity index (χ1) is 13.6. The molecule has 9 heteroatoms. The van der Waals surface area contributed by atoms with Gasteiger partial charge >= 0.3 is 0 Å². The Morgan fingerprint density at radius 1 is 1.18 bits per heavy atom. The van der Waals surface area contributed by atoms with Crippen molar-refractivity contribution in [2.24, 2.45) is 0 Å². The molecule has 0 aliphatic carbocycles. The smallest absolute Gasteiger partial charge is 0.290 e. The number of carbonyl (C=O) groups is 2. The summed E-state index contributed by atoms with van der Waals surface area (Å²) in [7, 11) is 0. The van der Waals surface area contributed by atoms with Crippen molar-refractivity contribution in [1.29, 1.82) is 0 Å². The van der Waals surface area contributed by atoms with Gasteiger partial charge in [0.1, 0.15) is 5.82 Å². The molecule has 0 bridgehead atoms. The highest BCUT2D eigenvalue weighted by Gasteiger charge is 2.28. The molecule has 4 heterocycles. The van der Waals surface area contributed by atoms with Gasteiger partial charge in [-0.3, -0.25) is 19.8 Å². The number of hydrogen-bond donors (Lipinski definition) is 1. The second-order valence-corrected chi connectivity index (χ2v) is 8.33. The van der Waals surface area contributed by atoms with E-state index in [1.807, 2.05) is 6.07 Å². The molecule has 1 aromatic rings. The average Bonchev–Trinajstić information content (AvgIpc) is 3.05. The van der Waals surface area contributed by atoms with E-state index in [0.29, 0.717) is 16.8 Å². The molecule has 150 valence electrons. The van der Waals surface area contributed by atoms with Crippen LogP contribution in [0, 0.1) is 0 Å². The van der Waals surface area contributed by atoms with Crippen molar-refractivity contribution in [3.8, 4) is 0 Å². The number of rotatable bonds is 4. The molecule has 0 atom stereocenters. The first-order valence-corrected chi connectivity index (χ1v) is 10.7. The van der Waals surface area contributed by atoms with Crippen LogP contribution in [-0.2, 0) is 4.79 Å². The lowest BCUT2D eigenvalue weighted by Gasteiger charge is -2.43. The van der Waals surface area contributed by atoms with Crippen molar-refractivity contribution < 1.29 is 9.59 Å². The zero-order chi connectivity index (χ0) is 19.5. The third-order valence-corrected chi connectivity index (χ3v) is 6.53. The second kappa shape index (κ2) is 8.59. The zero-order valence-corrected chi connectivity index (χ0v) is 17.0. The van der Waals surface area contributed by atoms with E-state index in [1.165, 1.54) is 25.9 Å². The first-order valence-electron chi connectivity index (χ1n) is 9.91. The van der Waals surface area contributed by atoms with Crippen LogP contribution in [0.15, 0.2) is 17.2 Å². The van der Waals surface area contributed by atoms with E-state index in [0.717, 1.165) is 50.3 Å². The van der Waals surface area contributed by atoms with Crippen LogP contribution in [0.2, 0.25) is 0 Å². The van der Waals surface area contributed by atoms with Gasteiger partial charge in [0.25, 0.3) is 11.1 Å². The fourth-order valence-corrected chi connectivity index (χ4v) is 4.72. The topological polar surface area (TPSA) is 81.7 Å². The molecular formula is C19H26N6O2S. The number of aromatic nitrogens is 2. The van der Waals surface area contributed by atoms with Crippen molar-refractivity contribution in [2.45, 2.75) is 25.8 Å². The zero-order valence-electron chi connectivity index (χ0n) is 16.1. The molecule has 0 radical (unpaired) electrons. The molecule has 0 unspecified atom stereocenters. The number of piperidine rings is 1. The van der Waals surface area contributed by atoms with E-state index in [1.54, 1.807) is 12.3 Å². The number of nitrogens with one attached hydrogen (secondary N) is 1. The molecule has 2 amide bonds. The summed E-state index contributed by atoms with van der Waals surface area (Å²) in [4.78, 5) is 39.6. The molecular weight excluding hydrogens is 376 g/mol. The molecule has 3 aliphatic rings. The summed E-state index contributed by atoms with van der Waals surface area (Å²) >= 11 is 0.886. The summed E-state index contributed by atoms with van der Waals surface area (Å²) < 4.78 is 0. The SMILES string of the molecule is CCN1CCC(N2CCN(c3ccnc(/C=C4\SC(=O)NC4=O)n3)CC2)CC1. The number of thioether (sulfide) groups is 1. The lowest BCUT2D eigenvalue weighted by molar-refractivity contribution is -0.115. The van der Waals surface area contributed by atoms with Crippen LogP contribution >= 0.6 is 11.8 Å². The van der Waals surface area contributed by atoms with Gasteiger partial charge in [0.15, 0.2) is 5.82 Å². The van der Waals surface area contributed by atoms with Gasteiger partial charge in [0.05, 0.1) is 4.91 Å². The van der Waals surface area contributed by atoms with Crippen molar-refractivity contribution in [3.63, 3.8) is 0 Å². The Hall–Kier alpha value is -1.97. The number of anilines is 1. The van der Waals surface area contributed by atoms with Crippen LogP contribution in [-0.4, -0.2) is 82.8 Å². The summed E-state index contributed by atoms with van der Waals surface area (Å²) in [6, 6.07) is 2.61. The molecule has 3 fully saturated rings. The second-order valence-electron chi connectivity index (χ2n) is 7.31. The molecule has 8 nitrogen and oxygen atoms in total. The number of nitrogens with zero attached hydrogens (tertiary/aromatic N) is 5. The molecule has 4 rings (SSSR count). The van der Waals surface area contributed by atoms with Crippen molar-refractivity contribution >= 4 is 34.8 Å². The Balaban J connectivity index is 1.36. The predicted octanol–water partition coefficient (Wildman–Crippen LogP) is 1.41. The molecule has 0 aromatic carbocycles. The summed E-state index contributed by atoms with van der Waals surface area (Å²) in [6.07, 6.45) is 5.81. The average molecular weight is 403 g/mol. The molecule has 1 aromatic heterocycles. The summed E-state index contributed by atoms with van der Waals surface area (Å²) in [5.41, 5.74) is 0. The van der Waals surface area contributed by atoms with Crippen LogP contribution in [0.1, 0.15) is 25.6 Å².